The summed E-state index contributed by atoms with van der Waals surface area (Å²) in [7, 11) is 0. The predicted octanol–water partition coefficient (Wildman–Crippen LogP) is 7.36. The molecule has 2 heteroatoms. The minimum absolute atomic E-state index is 0.0594. The van der Waals surface area contributed by atoms with Crippen LogP contribution < -0.4 is 0 Å². The highest BCUT2D eigenvalue weighted by Gasteiger charge is 2.40. The zero-order chi connectivity index (χ0) is 20.5. The van der Waals surface area contributed by atoms with E-state index < -0.39 is 0 Å². The van der Waals surface area contributed by atoms with Crippen molar-refractivity contribution in [3.05, 3.63) is 35.1 Å². The normalized spacial score (nSPS) is 39.2. The number of benzene rings is 1. The van der Waals surface area contributed by atoms with Crippen molar-refractivity contribution >= 4 is 0 Å². The maximum atomic E-state index is 13.5. The highest BCUT2D eigenvalue weighted by molar-refractivity contribution is 5.30. The van der Waals surface area contributed by atoms with Crippen molar-refractivity contribution in [1.82, 2.24) is 0 Å². The standard InChI is InChI=1S/C28H41FO/c1-2-30-28-13-10-19(11-14-28)20-3-4-22-16-23(6-5-21(22)15-20)24-7-8-26-18-27(29)12-9-25(26)17-24/h9,12,18-24,28H,2-8,10-11,13-17H2,1H3. The molecule has 5 atom stereocenters. The number of hydrogen-bond acceptors (Lipinski definition) is 1. The van der Waals surface area contributed by atoms with Crippen LogP contribution in [0.15, 0.2) is 18.2 Å². The van der Waals surface area contributed by atoms with Crippen molar-refractivity contribution in [3.63, 3.8) is 0 Å². The van der Waals surface area contributed by atoms with Crippen LogP contribution in [-0.4, -0.2) is 12.7 Å². The summed E-state index contributed by atoms with van der Waals surface area (Å²) in [6.07, 6.45) is 18.5. The highest BCUT2D eigenvalue weighted by Crippen LogP contribution is 2.51. The molecule has 0 amide bonds. The number of halogens is 1. The third-order valence-corrected chi connectivity index (χ3v) is 9.58. The van der Waals surface area contributed by atoms with Crippen LogP contribution in [0.2, 0.25) is 0 Å². The Balaban J connectivity index is 1.13. The van der Waals surface area contributed by atoms with Crippen molar-refractivity contribution in [1.29, 1.82) is 0 Å². The third kappa shape index (κ3) is 4.50. The summed E-state index contributed by atoms with van der Waals surface area (Å²) in [4.78, 5) is 0. The SMILES string of the molecule is CCOC1CCC(C2CCC3CC(C4CCc5cc(F)ccc5C4)CCC3C2)CC1. The molecule has 0 heterocycles. The van der Waals surface area contributed by atoms with Crippen molar-refractivity contribution in [2.24, 2.45) is 35.5 Å². The molecule has 166 valence electrons. The van der Waals surface area contributed by atoms with Crippen LogP contribution in [0.25, 0.3) is 0 Å². The van der Waals surface area contributed by atoms with Gasteiger partial charge in [-0.3, -0.25) is 0 Å². The van der Waals surface area contributed by atoms with E-state index >= 15 is 0 Å². The van der Waals surface area contributed by atoms with E-state index in [-0.39, 0.29) is 5.82 Å². The Morgan fingerprint density at radius 2 is 1.33 bits per heavy atom. The van der Waals surface area contributed by atoms with Gasteiger partial charge in [-0.2, -0.15) is 0 Å². The van der Waals surface area contributed by atoms with Crippen LogP contribution in [0.5, 0.6) is 0 Å². The smallest absolute Gasteiger partial charge is 0.123 e. The second kappa shape index (κ2) is 9.31. The molecule has 3 saturated carbocycles. The van der Waals surface area contributed by atoms with E-state index in [9.17, 15) is 4.39 Å². The van der Waals surface area contributed by atoms with Gasteiger partial charge in [0.05, 0.1) is 6.10 Å². The van der Waals surface area contributed by atoms with Crippen LogP contribution in [0.1, 0.15) is 88.7 Å². The van der Waals surface area contributed by atoms with Gasteiger partial charge in [-0.25, -0.2) is 4.39 Å². The van der Waals surface area contributed by atoms with Crippen molar-refractivity contribution in [2.45, 2.75) is 96.5 Å². The quantitative estimate of drug-likeness (QED) is 0.502. The molecule has 0 bridgehead atoms. The Bertz CT molecular complexity index is 707. The zero-order valence-electron chi connectivity index (χ0n) is 19.0. The monoisotopic (exact) mass is 412 g/mol. The molecular weight excluding hydrogens is 371 g/mol. The number of fused-ring (bicyclic) bond motifs is 2. The first-order valence-corrected chi connectivity index (χ1v) is 13.1. The van der Waals surface area contributed by atoms with Crippen LogP contribution in [0, 0.1) is 41.3 Å². The third-order valence-electron chi connectivity index (χ3n) is 9.58. The molecule has 0 aliphatic heterocycles. The lowest BCUT2D eigenvalue weighted by Crippen LogP contribution is -2.37. The molecule has 5 rings (SSSR count). The van der Waals surface area contributed by atoms with Gasteiger partial charge in [0.2, 0.25) is 0 Å². The number of aryl methyl sites for hydroxylation is 1. The highest BCUT2D eigenvalue weighted by atomic mass is 19.1. The van der Waals surface area contributed by atoms with Gasteiger partial charge in [-0.15, -0.1) is 0 Å². The number of rotatable bonds is 4. The van der Waals surface area contributed by atoms with Gasteiger partial charge in [0.25, 0.3) is 0 Å². The first kappa shape index (κ1) is 21.0. The lowest BCUT2D eigenvalue weighted by atomic mass is 9.59. The number of hydrogen-bond donors (Lipinski definition) is 0. The van der Waals surface area contributed by atoms with Gasteiger partial charge in [0.1, 0.15) is 5.82 Å². The fraction of sp³-hybridized carbons (Fsp3) is 0.786. The topological polar surface area (TPSA) is 9.23 Å². The van der Waals surface area contributed by atoms with Crippen molar-refractivity contribution < 1.29 is 9.13 Å². The van der Waals surface area contributed by atoms with Gasteiger partial charge in [-0.05, 0) is 149 Å². The fourth-order valence-corrected chi connectivity index (χ4v) is 7.93. The molecular formula is C28H41FO. The lowest BCUT2D eigenvalue weighted by molar-refractivity contribution is 0.00159. The molecule has 4 aliphatic carbocycles. The second-order valence-electron chi connectivity index (χ2n) is 11.1. The molecule has 4 aliphatic rings. The molecule has 30 heavy (non-hydrogen) atoms. The molecule has 0 radical (unpaired) electrons. The number of ether oxygens (including phenoxy) is 1. The minimum atomic E-state index is -0.0594. The minimum Gasteiger partial charge on any atom is -0.379 e. The van der Waals surface area contributed by atoms with Gasteiger partial charge in [0.15, 0.2) is 0 Å². The van der Waals surface area contributed by atoms with E-state index in [4.69, 9.17) is 4.74 Å². The zero-order valence-corrected chi connectivity index (χ0v) is 19.0. The van der Waals surface area contributed by atoms with E-state index in [1.54, 1.807) is 12.1 Å². The van der Waals surface area contributed by atoms with Crippen molar-refractivity contribution in [2.75, 3.05) is 6.61 Å². The van der Waals surface area contributed by atoms with Gasteiger partial charge >= 0.3 is 0 Å². The Labute approximate surface area is 183 Å². The van der Waals surface area contributed by atoms with Crippen LogP contribution in [-0.2, 0) is 17.6 Å². The van der Waals surface area contributed by atoms with Crippen LogP contribution in [0.3, 0.4) is 0 Å². The lowest BCUT2D eigenvalue weighted by Gasteiger charge is -2.47. The van der Waals surface area contributed by atoms with Crippen molar-refractivity contribution in [3.8, 4) is 0 Å². The van der Waals surface area contributed by atoms with Crippen LogP contribution >= 0.6 is 0 Å². The first-order chi connectivity index (χ1) is 14.7. The maximum absolute atomic E-state index is 13.5. The summed E-state index contributed by atoms with van der Waals surface area (Å²) < 4.78 is 19.4. The molecule has 3 fully saturated rings. The van der Waals surface area contributed by atoms with E-state index in [2.05, 4.69) is 13.0 Å². The molecule has 1 aromatic carbocycles. The molecule has 5 unspecified atom stereocenters. The van der Waals surface area contributed by atoms with Gasteiger partial charge in [-0.1, -0.05) is 6.07 Å². The summed E-state index contributed by atoms with van der Waals surface area (Å²) in [5, 5.41) is 0. The summed E-state index contributed by atoms with van der Waals surface area (Å²) >= 11 is 0. The summed E-state index contributed by atoms with van der Waals surface area (Å²) in [5.41, 5.74) is 2.71. The molecule has 1 nitrogen and oxygen atoms in total. The molecule has 0 spiro atoms. The van der Waals surface area contributed by atoms with Crippen LogP contribution in [0.4, 0.5) is 4.39 Å². The average molecular weight is 413 g/mol. The van der Waals surface area contributed by atoms with E-state index in [1.807, 2.05) is 0 Å². The summed E-state index contributed by atoms with van der Waals surface area (Å²) in [6.45, 7) is 3.02. The summed E-state index contributed by atoms with van der Waals surface area (Å²) in [6, 6.07) is 5.51. The predicted molar refractivity (Wildman–Crippen MR) is 121 cm³/mol. The molecule has 1 aromatic rings. The van der Waals surface area contributed by atoms with E-state index in [1.165, 1.54) is 88.2 Å². The van der Waals surface area contributed by atoms with Gasteiger partial charge < -0.3 is 4.74 Å². The Kier molecular flexibility index (Phi) is 6.51. The Morgan fingerprint density at radius 3 is 2.00 bits per heavy atom. The largest absolute Gasteiger partial charge is 0.379 e. The Morgan fingerprint density at radius 1 is 0.733 bits per heavy atom. The maximum Gasteiger partial charge on any atom is 0.123 e. The second-order valence-corrected chi connectivity index (χ2v) is 11.1. The summed E-state index contributed by atoms with van der Waals surface area (Å²) in [5.74, 6) is 5.69. The average Bonchev–Trinajstić information content (AvgIpc) is 2.79. The van der Waals surface area contributed by atoms with E-state index in [0.29, 0.717) is 6.10 Å². The first-order valence-electron chi connectivity index (χ1n) is 13.1. The molecule has 0 saturated heterocycles. The van der Waals surface area contributed by atoms with E-state index in [0.717, 1.165) is 48.5 Å². The Hall–Kier alpha value is -0.890. The van der Waals surface area contributed by atoms with Gasteiger partial charge in [0, 0.05) is 6.61 Å². The fourth-order valence-electron chi connectivity index (χ4n) is 7.93. The molecule has 0 N–H and O–H groups in total. The molecule has 0 aromatic heterocycles.